The molecule has 0 aliphatic rings. The van der Waals surface area contributed by atoms with E-state index in [9.17, 15) is 4.79 Å². The quantitative estimate of drug-likeness (QED) is 0.682. The fourth-order valence-corrected chi connectivity index (χ4v) is 1.95. The molecule has 0 atom stereocenters. The SMILES string of the molecule is CN(C)c1ccc(/C=N\NC(=O)c2ccc(Br)cc2)cc1. The fraction of sp³-hybridized carbons (Fsp3) is 0.125. The third-order valence-electron chi connectivity index (χ3n) is 2.90. The van der Waals surface area contributed by atoms with E-state index in [2.05, 4.69) is 26.5 Å². The molecule has 5 heteroatoms. The number of nitrogens with one attached hydrogen (secondary N) is 1. The van der Waals surface area contributed by atoms with E-state index in [0.717, 1.165) is 15.7 Å². The van der Waals surface area contributed by atoms with E-state index in [1.807, 2.05) is 55.4 Å². The van der Waals surface area contributed by atoms with Crippen molar-refractivity contribution in [1.29, 1.82) is 0 Å². The molecule has 0 aromatic heterocycles. The number of hydrogen-bond donors (Lipinski definition) is 1. The molecule has 1 amide bonds. The van der Waals surface area contributed by atoms with Crippen LogP contribution >= 0.6 is 15.9 Å². The van der Waals surface area contributed by atoms with Gasteiger partial charge in [0.15, 0.2) is 0 Å². The highest BCUT2D eigenvalue weighted by molar-refractivity contribution is 9.10. The maximum absolute atomic E-state index is 11.8. The molecule has 0 fully saturated rings. The zero-order valence-corrected chi connectivity index (χ0v) is 13.5. The molecule has 21 heavy (non-hydrogen) atoms. The zero-order valence-electron chi connectivity index (χ0n) is 11.9. The zero-order chi connectivity index (χ0) is 15.2. The molecule has 2 aromatic rings. The summed E-state index contributed by atoms with van der Waals surface area (Å²) in [7, 11) is 3.98. The van der Waals surface area contributed by atoms with Crippen LogP contribution in [0.1, 0.15) is 15.9 Å². The van der Waals surface area contributed by atoms with E-state index in [-0.39, 0.29) is 5.91 Å². The van der Waals surface area contributed by atoms with Crippen molar-refractivity contribution in [3.63, 3.8) is 0 Å². The summed E-state index contributed by atoms with van der Waals surface area (Å²) in [6, 6.07) is 15.0. The fourth-order valence-electron chi connectivity index (χ4n) is 1.69. The Hall–Kier alpha value is -2.14. The highest BCUT2D eigenvalue weighted by atomic mass is 79.9. The van der Waals surface area contributed by atoms with Gasteiger partial charge in [-0.1, -0.05) is 28.1 Å². The van der Waals surface area contributed by atoms with Gasteiger partial charge in [-0.15, -0.1) is 0 Å². The first-order valence-electron chi connectivity index (χ1n) is 6.42. The van der Waals surface area contributed by atoms with Crippen LogP contribution in [0.4, 0.5) is 5.69 Å². The molecule has 2 aromatic carbocycles. The van der Waals surface area contributed by atoms with Gasteiger partial charge < -0.3 is 4.90 Å². The van der Waals surface area contributed by atoms with E-state index in [1.165, 1.54) is 0 Å². The van der Waals surface area contributed by atoms with E-state index in [0.29, 0.717) is 5.56 Å². The lowest BCUT2D eigenvalue weighted by atomic mass is 10.2. The van der Waals surface area contributed by atoms with Gasteiger partial charge in [-0.2, -0.15) is 5.10 Å². The van der Waals surface area contributed by atoms with Gasteiger partial charge in [0.25, 0.3) is 5.91 Å². The standard InChI is InChI=1S/C16H16BrN3O/c1-20(2)15-9-3-12(4-10-15)11-18-19-16(21)13-5-7-14(17)8-6-13/h3-11H,1-2H3,(H,19,21)/b18-11-. The maximum Gasteiger partial charge on any atom is 0.271 e. The van der Waals surface area contributed by atoms with Gasteiger partial charge in [-0.25, -0.2) is 5.43 Å². The molecular weight excluding hydrogens is 330 g/mol. The van der Waals surface area contributed by atoms with Crippen LogP contribution in [0, 0.1) is 0 Å². The lowest BCUT2D eigenvalue weighted by Gasteiger charge is -2.11. The van der Waals surface area contributed by atoms with Crippen molar-refractivity contribution in [2.45, 2.75) is 0 Å². The summed E-state index contributed by atoms with van der Waals surface area (Å²) in [6.45, 7) is 0. The van der Waals surface area contributed by atoms with Crippen LogP contribution in [-0.4, -0.2) is 26.2 Å². The Morgan fingerprint density at radius 3 is 2.29 bits per heavy atom. The second-order valence-electron chi connectivity index (χ2n) is 4.69. The predicted octanol–water partition coefficient (Wildman–Crippen LogP) is 3.28. The third-order valence-corrected chi connectivity index (χ3v) is 3.42. The highest BCUT2D eigenvalue weighted by Gasteiger charge is 2.02. The van der Waals surface area contributed by atoms with Gasteiger partial charge in [0.1, 0.15) is 0 Å². The molecule has 0 aliphatic carbocycles. The Morgan fingerprint density at radius 2 is 1.71 bits per heavy atom. The Morgan fingerprint density at radius 1 is 1.10 bits per heavy atom. The molecular formula is C16H16BrN3O. The van der Waals surface area contributed by atoms with Crippen molar-refractivity contribution in [3.05, 3.63) is 64.1 Å². The average Bonchev–Trinajstić information content (AvgIpc) is 2.48. The summed E-state index contributed by atoms with van der Waals surface area (Å²) < 4.78 is 0.934. The molecule has 4 nitrogen and oxygen atoms in total. The van der Waals surface area contributed by atoms with E-state index < -0.39 is 0 Å². The molecule has 0 bridgehead atoms. The van der Waals surface area contributed by atoms with E-state index in [1.54, 1.807) is 18.3 Å². The van der Waals surface area contributed by atoms with Crippen LogP contribution in [0.3, 0.4) is 0 Å². The minimum absolute atomic E-state index is 0.233. The van der Waals surface area contributed by atoms with Crippen molar-refractivity contribution in [2.75, 3.05) is 19.0 Å². The lowest BCUT2D eigenvalue weighted by molar-refractivity contribution is 0.0955. The molecule has 108 valence electrons. The summed E-state index contributed by atoms with van der Waals surface area (Å²) in [4.78, 5) is 13.9. The van der Waals surface area contributed by atoms with Gasteiger partial charge in [0.2, 0.25) is 0 Å². The topological polar surface area (TPSA) is 44.7 Å². The van der Waals surface area contributed by atoms with Crippen LogP contribution < -0.4 is 10.3 Å². The number of benzene rings is 2. The van der Waals surface area contributed by atoms with Crippen molar-refractivity contribution in [3.8, 4) is 0 Å². The Balaban J connectivity index is 1.95. The van der Waals surface area contributed by atoms with E-state index >= 15 is 0 Å². The Labute approximate surface area is 132 Å². The number of carbonyl (C=O) groups is 1. The van der Waals surface area contributed by atoms with Gasteiger partial charge in [0, 0.05) is 29.8 Å². The minimum atomic E-state index is -0.233. The van der Waals surface area contributed by atoms with Crippen molar-refractivity contribution in [1.82, 2.24) is 5.43 Å². The summed E-state index contributed by atoms with van der Waals surface area (Å²) in [5, 5.41) is 3.96. The first-order chi connectivity index (χ1) is 10.1. The van der Waals surface area contributed by atoms with Gasteiger partial charge in [0.05, 0.1) is 6.21 Å². The largest absolute Gasteiger partial charge is 0.378 e. The van der Waals surface area contributed by atoms with Crippen LogP contribution in [0.5, 0.6) is 0 Å². The highest BCUT2D eigenvalue weighted by Crippen LogP contribution is 2.11. The number of hydrogen-bond acceptors (Lipinski definition) is 3. The first kappa shape index (κ1) is 15.3. The first-order valence-corrected chi connectivity index (χ1v) is 7.22. The van der Waals surface area contributed by atoms with Crippen LogP contribution in [0.25, 0.3) is 0 Å². The summed E-state index contributed by atoms with van der Waals surface area (Å²) in [6.07, 6.45) is 1.62. The van der Waals surface area contributed by atoms with Gasteiger partial charge >= 0.3 is 0 Å². The smallest absolute Gasteiger partial charge is 0.271 e. The number of anilines is 1. The molecule has 0 saturated heterocycles. The molecule has 0 heterocycles. The molecule has 0 saturated carbocycles. The molecule has 0 aliphatic heterocycles. The molecule has 0 spiro atoms. The van der Waals surface area contributed by atoms with Gasteiger partial charge in [-0.05, 0) is 42.0 Å². The number of carbonyl (C=O) groups excluding carboxylic acids is 1. The molecule has 1 N–H and O–H groups in total. The van der Waals surface area contributed by atoms with Crippen LogP contribution in [-0.2, 0) is 0 Å². The summed E-state index contributed by atoms with van der Waals surface area (Å²) in [5.41, 5.74) is 5.12. The number of amides is 1. The molecule has 0 unspecified atom stereocenters. The van der Waals surface area contributed by atoms with E-state index in [4.69, 9.17) is 0 Å². The number of nitrogens with zero attached hydrogens (tertiary/aromatic N) is 2. The number of halogens is 1. The lowest BCUT2D eigenvalue weighted by Crippen LogP contribution is -2.17. The molecule has 2 rings (SSSR count). The van der Waals surface area contributed by atoms with Crippen molar-refractivity contribution in [2.24, 2.45) is 5.10 Å². The second-order valence-corrected chi connectivity index (χ2v) is 5.61. The summed E-state index contributed by atoms with van der Waals surface area (Å²) in [5.74, 6) is -0.233. The van der Waals surface area contributed by atoms with Crippen molar-refractivity contribution >= 4 is 33.7 Å². The predicted molar refractivity (Wildman–Crippen MR) is 90.0 cm³/mol. The number of rotatable bonds is 4. The Kier molecular flexibility index (Phi) is 5.11. The minimum Gasteiger partial charge on any atom is -0.378 e. The Bertz CT molecular complexity index is 634. The third kappa shape index (κ3) is 4.43. The monoisotopic (exact) mass is 345 g/mol. The maximum atomic E-state index is 11.8. The average molecular weight is 346 g/mol. The second kappa shape index (κ2) is 7.04. The normalized spacial score (nSPS) is 10.6. The van der Waals surface area contributed by atoms with Crippen molar-refractivity contribution < 1.29 is 4.79 Å². The van der Waals surface area contributed by atoms with Crippen LogP contribution in [0.2, 0.25) is 0 Å². The summed E-state index contributed by atoms with van der Waals surface area (Å²) >= 11 is 3.33. The van der Waals surface area contributed by atoms with Gasteiger partial charge in [-0.3, -0.25) is 4.79 Å². The van der Waals surface area contributed by atoms with Crippen LogP contribution in [0.15, 0.2) is 58.1 Å². The molecule has 0 radical (unpaired) electrons. The number of hydrazone groups is 1.